The van der Waals surface area contributed by atoms with E-state index >= 15 is 0 Å². The van der Waals surface area contributed by atoms with Gasteiger partial charge in [-0.15, -0.1) is 0 Å². The van der Waals surface area contributed by atoms with Crippen LogP contribution in [0, 0.1) is 0 Å². The van der Waals surface area contributed by atoms with Gasteiger partial charge in [0.2, 0.25) is 5.91 Å². The number of rotatable bonds is 5. The highest BCUT2D eigenvalue weighted by molar-refractivity contribution is 5.76. The Labute approximate surface area is 116 Å². The van der Waals surface area contributed by atoms with Crippen molar-refractivity contribution in [1.29, 1.82) is 0 Å². The predicted molar refractivity (Wildman–Crippen MR) is 74.1 cm³/mol. The van der Waals surface area contributed by atoms with Crippen molar-refractivity contribution in [2.24, 2.45) is 0 Å². The number of carbonyl (C=O) groups is 1. The van der Waals surface area contributed by atoms with Crippen LogP contribution in [0.15, 0.2) is 39.6 Å². The molecule has 0 aliphatic carbocycles. The fraction of sp³-hybridized carbons (Fsp3) is 0.357. The van der Waals surface area contributed by atoms with Crippen molar-refractivity contribution in [3.8, 4) is 11.4 Å². The van der Waals surface area contributed by atoms with Gasteiger partial charge in [-0.05, 0) is 13.8 Å². The number of amides is 1. The van der Waals surface area contributed by atoms with E-state index in [1.807, 2.05) is 44.2 Å². The van der Waals surface area contributed by atoms with Crippen LogP contribution in [0.2, 0.25) is 0 Å². The Kier molecular flexibility index (Phi) is 4.34. The maximum absolute atomic E-state index is 12.1. The third-order valence-corrected chi connectivity index (χ3v) is 3.13. The highest BCUT2D eigenvalue weighted by Crippen LogP contribution is 2.14. The Morgan fingerprint density at radius 1 is 1.25 bits per heavy atom. The molecular weight excluding hydrogens is 258 g/mol. The minimum atomic E-state index is -0.621. The van der Waals surface area contributed by atoms with Gasteiger partial charge in [0.05, 0.1) is 0 Å². The first kappa shape index (κ1) is 14.0. The van der Waals surface area contributed by atoms with E-state index < -0.39 is 5.76 Å². The molecule has 1 heterocycles. The van der Waals surface area contributed by atoms with Crippen LogP contribution < -0.4 is 5.76 Å². The molecule has 0 saturated carbocycles. The topological polar surface area (TPSA) is 68.3 Å². The van der Waals surface area contributed by atoms with Crippen molar-refractivity contribution in [1.82, 2.24) is 14.6 Å². The van der Waals surface area contributed by atoms with Crippen LogP contribution in [0.4, 0.5) is 0 Å². The van der Waals surface area contributed by atoms with E-state index in [2.05, 4.69) is 9.68 Å². The minimum absolute atomic E-state index is 0.0613. The van der Waals surface area contributed by atoms with Crippen molar-refractivity contribution >= 4 is 5.91 Å². The van der Waals surface area contributed by atoms with Gasteiger partial charge in [0.1, 0.15) is 6.54 Å². The molecule has 2 aromatic rings. The van der Waals surface area contributed by atoms with E-state index in [9.17, 15) is 9.59 Å². The maximum Gasteiger partial charge on any atom is 0.442 e. The minimum Gasteiger partial charge on any atom is -0.342 e. The molecule has 0 fully saturated rings. The number of aromatic nitrogens is 2. The lowest BCUT2D eigenvalue weighted by Crippen LogP contribution is -2.35. The van der Waals surface area contributed by atoms with E-state index in [-0.39, 0.29) is 12.5 Å². The van der Waals surface area contributed by atoms with Crippen LogP contribution >= 0.6 is 0 Å². The molecule has 0 radical (unpaired) electrons. The number of hydrogen-bond donors (Lipinski definition) is 0. The Morgan fingerprint density at radius 3 is 2.50 bits per heavy atom. The summed E-state index contributed by atoms with van der Waals surface area (Å²) in [5, 5.41) is 3.75. The second-order valence-corrected chi connectivity index (χ2v) is 4.29. The Bertz CT molecular complexity index is 627. The number of nitrogens with zero attached hydrogens (tertiary/aromatic N) is 3. The van der Waals surface area contributed by atoms with Gasteiger partial charge in [-0.2, -0.15) is 0 Å². The standard InChI is InChI=1S/C14H17N3O3/c1-3-16(4-2)12(18)10-17-13(15-20-14(17)19)11-8-6-5-7-9-11/h5-9H,3-4,10H2,1-2H3. The molecule has 1 aromatic heterocycles. The average Bonchev–Trinajstić information content (AvgIpc) is 2.82. The number of hydrogen-bond acceptors (Lipinski definition) is 4. The van der Waals surface area contributed by atoms with E-state index in [4.69, 9.17) is 0 Å². The van der Waals surface area contributed by atoms with Crippen LogP contribution in [0.5, 0.6) is 0 Å². The highest BCUT2D eigenvalue weighted by atomic mass is 16.5. The highest BCUT2D eigenvalue weighted by Gasteiger charge is 2.18. The molecule has 0 saturated heterocycles. The van der Waals surface area contributed by atoms with Crippen LogP contribution in [0.3, 0.4) is 0 Å². The Morgan fingerprint density at radius 2 is 1.90 bits per heavy atom. The zero-order valence-corrected chi connectivity index (χ0v) is 11.6. The van der Waals surface area contributed by atoms with E-state index in [0.29, 0.717) is 18.9 Å². The number of carbonyl (C=O) groups excluding carboxylic acids is 1. The molecule has 1 amide bonds. The molecule has 106 valence electrons. The van der Waals surface area contributed by atoms with Gasteiger partial charge in [-0.1, -0.05) is 35.5 Å². The average molecular weight is 275 g/mol. The van der Waals surface area contributed by atoms with Gasteiger partial charge in [0, 0.05) is 18.7 Å². The summed E-state index contributed by atoms with van der Waals surface area (Å²) in [7, 11) is 0. The third-order valence-electron chi connectivity index (χ3n) is 3.13. The first-order valence-electron chi connectivity index (χ1n) is 6.57. The van der Waals surface area contributed by atoms with Gasteiger partial charge < -0.3 is 4.90 Å². The molecule has 6 nitrogen and oxygen atoms in total. The molecule has 2 rings (SSSR count). The summed E-state index contributed by atoms with van der Waals surface area (Å²) in [6, 6.07) is 9.18. The fourth-order valence-corrected chi connectivity index (χ4v) is 2.01. The number of likely N-dealkylation sites (N-methyl/N-ethyl adjacent to an activating group) is 1. The SMILES string of the molecule is CCN(CC)C(=O)Cn1c(-c2ccccc2)noc1=O. The summed E-state index contributed by atoms with van der Waals surface area (Å²) < 4.78 is 5.94. The number of benzene rings is 1. The molecule has 0 N–H and O–H groups in total. The molecule has 6 heteroatoms. The molecule has 20 heavy (non-hydrogen) atoms. The van der Waals surface area contributed by atoms with Gasteiger partial charge in [-0.25, -0.2) is 9.36 Å². The van der Waals surface area contributed by atoms with Crippen LogP contribution in [0.25, 0.3) is 11.4 Å². The molecule has 0 aliphatic rings. The van der Waals surface area contributed by atoms with Gasteiger partial charge in [0.15, 0.2) is 5.82 Å². The van der Waals surface area contributed by atoms with Gasteiger partial charge in [-0.3, -0.25) is 9.32 Å². The summed E-state index contributed by atoms with van der Waals surface area (Å²) in [4.78, 5) is 25.5. The molecule has 1 aromatic carbocycles. The zero-order valence-electron chi connectivity index (χ0n) is 11.6. The van der Waals surface area contributed by atoms with Crippen LogP contribution in [-0.4, -0.2) is 33.6 Å². The van der Waals surface area contributed by atoms with Gasteiger partial charge >= 0.3 is 5.76 Å². The first-order chi connectivity index (χ1) is 9.67. The second-order valence-electron chi connectivity index (χ2n) is 4.29. The van der Waals surface area contributed by atoms with Gasteiger partial charge in [0.25, 0.3) is 0 Å². The molecule has 0 aliphatic heterocycles. The lowest BCUT2D eigenvalue weighted by molar-refractivity contribution is -0.131. The Hall–Kier alpha value is -2.37. The summed E-state index contributed by atoms with van der Waals surface area (Å²) in [5.74, 6) is -0.377. The summed E-state index contributed by atoms with van der Waals surface area (Å²) >= 11 is 0. The molecule has 0 atom stereocenters. The van der Waals surface area contributed by atoms with Crippen LogP contribution in [-0.2, 0) is 11.3 Å². The summed E-state index contributed by atoms with van der Waals surface area (Å²) in [6.07, 6.45) is 0. The van der Waals surface area contributed by atoms with Crippen molar-refractivity contribution in [2.45, 2.75) is 20.4 Å². The molecular formula is C14H17N3O3. The zero-order chi connectivity index (χ0) is 14.5. The second kappa shape index (κ2) is 6.18. The van der Waals surface area contributed by atoms with E-state index in [1.165, 1.54) is 4.57 Å². The monoisotopic (exact) mass is 275 g/mol. The Balaban J connectivity index is 2.31. The van der Waals surface area contributed by atoms with E-state index in [0.717, 1.165) is 5.56 Å². The molecule has 0 bridgehead atoms. The van der Waals surface area contributed by atoms with Crippen molar-refractivity contribution in [2.75, 3.05) is 13.1 Å². The van der Waals surface area contributed by atoms with Crippen molar-refractivity contribution in [3.63, 3.8) is 0 Å². The largest absolute Gasteiger partial charge is 0.442 e. The third kappa shape index (κ3) is 2.79. The smallest absolute Gasteiger partial charge is 0.342 e. The normalized spacial score (nSPS) is 10.5. The lowest BCUT2D eigenvalue weighted by Gasteiger charge is -2.18. The first-order valence-corrected chi connectivity index (χ1v) is 6.57. The summed E-state index contributed by atoms with van der Waals surface area (Å²) in [6.45, 7) is 4.95. The molecule has 0 unspecified atom stereocenters. The summed E-state index contributed by atoms with van der Waals surface area (Å²) in [5.41, 5.74) is 0.741. The maximum atomic E-state index is 12.1. The quantitative estimate of drug-likeness (QED) is 0.826. The van der Waals surface area contributed by atoms with Crippen molar-refractivity contribution < 1.29 is 9.32 Å². The van der Waals surface area contributed by atoms with Crippen molar-refractivity contribution in [3.05, 3.63) is 40.9 Å². The molecule has 0 spiro atoms. The van der Waals surface area contributed by atoms with E-state index in [1.54, 1.807) is 4.90 Å². The fourth-order valence-electron chi connectivity index (χ4n) is 2.01. The lowest BCUT2D eigenvalue weighted by atomic mass is 10.2. The van der Waals surface area contributed by atoms with Crippen LogP contribution in [0.1, 0.15) is 13.8 Å². The predicted octanol–water partition coefficient (Wildman–Crippen LogP) is 1.37.